The summed E-state index contributed by atoms with van der Waals surface area (Å²) >= 11 is 0. The van der Waals surface area contributed by atoms with Crippen LogP contribution in [0.15, 0.2) is 30.3 Å². The highest BCUT2D eigenvalue weighted by atomic mass is 16.6. The van der Waals surface area contributed by atoms with Crippen molar-refractivity contribution in [3.63, 3.8) is 0 Å². The fourth-order valence-corrected chi connectivity index (χ4v) is 4.70. The van der Waals surface area contributed by atoms with Gasteiger partial charge in [-0.2, -0.15) is 0 Å². The number of nitrogens with zero attached hydrogens (tertiary/aromatic N) is 1. The molecule has 1 heterocycles. The lowest BCUT2D eigenvalue weighted by molar-refractivity contribution is -0.135. The summed E-state index contributed by atoms with van der Waals surface area (Å²) in [6.07, 6.45) is 2.34. The SMILES string of the molecule is CCCC(CCC)N1C(=O)[C@H]([C@@H](O)[C@H](Cc2ccccc2)NC(=O)OC(C)(C)C)NC1C(C)C. The van der Waals surface area contributed by atoms with E-state index >= 15 is 0 Å². The Morgan fingerprint density at radius 2 is 1.74 bits per heavy atom. The summed E-state index contributed by atoms with van der Waals surface area (Å²) in [5.41, 5.74) is 0.293. The Hall–Kier alpha value is -2.12. The van der Waals surface area contributed by atoms with Crippen LogP contribution in [0.25, 0.3) is 0 Å². The molecule has 2 amide bonds. The van der Waals surface area contributed by atoms with Gasteiger partial charge in [-0.3, -0.25) is 10.1 Å². The monoisotopic (exact) mass is 475 g/mol. The van der Waals surface area contributed by atoms with E-state index in [1.54, 1.807) is 20.8 Å². The number of hydrogen-bond donors (Lipinski definition) is 3. The molecule has 192 valence electrons. The Bertz CT molecular complexity index is 772. The van der Waals surface area contributed by atoms with Gasteiger partial charge in [0.25, 0.3) is 0 Å². The highest BCUT2D eigenvalue weighted by Crippen LogP contribution is 2.27. The van der Waals surface area contributed by atoms with Crippen LogP contribution < -0.4 is 10.6 Å². The molecule has 1 aliphatic heterocycles. The van der Waals surface area contributed by atoms with E-state index in [4.69, 9.17) is 4.74 Å². The molecular weight excluding hydrogens is 430 g/mol. The number of aliphatic hydroxyl groups excluding tert-OH is 1. The summed E-state index contributed by atoms with van der Waals surface area (Å²) in [7, 11) is 0. The van der Waals surface area contributed by atoms with Crippen LogP contribution in [-0.4, -0.2) is 58.0 Å². The fraction of sp³-hybridized carbons (Fsp3) is 0.704. The zero-order chi connectivity index (χ0) is 25.5. The van der Waals surface area contributed by atoms with Crippen LogP contribution in [0.2, 0.25) is 0 Å². The molecule has 3 N–H and O–H groups in total. The minimum Gasteiger partial charge on any atom is -0.444 e. The maximum absolute atomic E-state index is 13.7. The molecule has 1 aliphatic rings. The molecule has 0 bridgehead atoms. The summed E-state index contributed by atoms with van der Waals surface area (Å²) < 4.78 is 5.45. The average molecular weight is 476 g/mol. The predicted molar refractivity (Wildman–Crippen MR) is 135 cm³/mol. The van der Waals surface area contributed by atoms with Crippen molar-refractivity contribution >= 4 is 12.0 Å². The van der Waals surface area contributed by atoms with Gasteiger partial charge >= 0.3 is 6.09 Å². The van der Waals surface area contributed by atoms with Gasteiger partial charge in [-0.1, -0.05) is 70.9 Å². The first-order chi connectivity index (χ1) is 16.0. The lowest BCUT2D eigenvalue weighted by Gasteiger charge is -2.34. The summed E-state index contributed by atoms with van der Waals surface area (Å²) in [4.78, 5) is 28.3. The molecule has 4 atom stereocenters. The quantitative estimate of drug-likeness (QED) is 0.445. The van der Waals surface area contributed by atoms with E-state index in [1.807, 2.05) is 35.2 Å². The van der Waals surface area contributed by atoms with Crippen molar-refractivity contribution in [1.82, 2.24) is 15.5 Å². The summed E-state index contributed by atoms with van der Waals surface area (Å²) in [5, 5.41) is 17.7. The summed E-state index contributed by atoms with van der Waals surface area (Å²) in [6.45, 7) is 13.8. The second-order valence-electron chi connectivity index (χ2n) is 10.7. The molecule has 0 spiro atoms. The number of ether oxygens (including phenoxy) is 1. The zero-order valence-corrected chi connectivity index (χ0v) is 22.0. The van der Waals surface area contributed by atoms with E-state index in [0.717, 1.165) is 31.2 Å². The van der Waals surface area contributed by atoms with Crippen LogP contribution in [-0.2, 0) is 16.0 Å². The Kier molecular flexibility index (Phi) is 10.4. The van der Waals surface area contributed by atoms with Gasteiger partial charge in [-0.05, 0) is 51.5 Å². The molecule has 0 aromatic heterocycles. The first-order valence-electron chi connectivity index (χ1n) is 12.8. The first kappa shape index (κ1) is 28.1. The summed E-state index contributed by atoms with van der Waals surface area (Å²) in [6, 6.07) is 8.29. The number of nitrogens with one attached hydrogen (secondary N) is 2. The molecular formula is C27H45N3O4. The van der Waals surface area contributed by atoms with Crippen LogP contribution in [0.3, 0.4) is 0 Å². The zero-order valence-electron chi connectivity index (χ0n) is 22.0. The van der Waals surface area contributed by atoms with Gasteiger partial charge in [-0.25, -0.2) is 4.79 Å². The Labute approximate surface area is 205 Å². The van der Waals surface area contributed by atoms with Crippen LogP contribution in [0.5, 0.6) is 0 Å². The van der Waals surface area contributed by atoms with Gasteiger partial charge in [0.2, 0.25) is 5.91 Å². The number of carbonyl (C=O) groups excluding carboxylic acids is 2. The van der Waals surface area contributed by atoms with Crippen molar-refractivity contribution in [3.8, 4) is 0 Å². The van der Waals surface area contributed by atoms with Gasteiger partial charge in [0, 0.05) is 6.04 Å². The maximum atomic E-state index is 13.7. The Morgan fingerprint density at radius 1 is 1.15 bits per heavy atom. The molecule has 7 nitrogen and oxygen atoms in total. The first-order valence-corrected chi connectivity index (χ1v) is 12.8. The highest BCUT2D eigenvalue weighted by molar-refractivity contribution is 5.85. The van der Waals surface area contributed by atoms with Crippen molar-refractivity contribution in [2.45, 2.75) is 117 Å². The fourth-order valence-electron chi connectivity index (χ4n) is 4.70. The number of amides is 2. The Morgan fingerprint density at radius 3 is 2.24 bits per heavy atom. The number of hydrogen-bond acceptors (Lipinski definition) is 5. The normalized spacial score (nSPS) is 20.6. The minimum atomic E-state index is -1.12. The van der Waals surface area contributed by atoms with E-state index in [1.165, 1.54) is 0 Å². The van der Waals surface area contributed by atoms with Gasteiger partial charge < -0.3 is 20.1 Å². The van der Waals surface area contributed by atoms with Crippen molar-refractivity contribution in [2.75, 3.05) is 0 Å². The lowest BCUT2D eigenvalue weighted by Crippen LogP contribution is -2.55. The third kappa shape index (κ3) is 7.70. The molecule has 0 saturated carbocycles. The van der Waals surface area contributed by atoms with Crippen LogP contribution in [0, 0.1) is 5.92 Å². The standard InChI is InChI=1S/C27H45N3O4/c1-8-13-20(14-9-2)30-24(18(3)4)29-22(25(30)32)23(31)21(17-19-15-11-10-12-16-19)28-26(33)34-27(5,6)7/h10-12,15-16,18,20-24,29,31H,8-9,13-14,17H2,1-7H3,(H,28,33)/t21-,22-,23-,24?/m0/s1. The minimum absolute atomic E-state index is 0.0952. The largest absolute Gasteiger partial charge is 0.444 e. The number of alkyl carbamates (subject to hydrolysis) is 1. The van der Waals surface area contributed by atoms with Gasteiger partial charge in [0.1, 0.15) is 11.6 Å². The van der Waals surface area contributed by atoms with Crippen molar-refractivity contribution in [3.05, 3.63) is 35.9 Å². The van der Waals surface area contributed by atoms with Crippen molar-refractivity contribution in [2.24, 2.45) is 5.92 Å². The molecule has 2 rings (SSSR count). The Balaban J connectivity index is 2.31. The topological polar surface area (TPSA) is 90.9 Å². The molecule has 1 saturated heterocycles. The third-order valence-electron chi connectivity index (χ3n) is 6.19. The third-order valence-corrected chi connectivity index (χ3v) is 6.19. The average Bonchev–Trinajstić information content (AvgIpc) is 3.09. The highest BCUT2D eigenvalue weighted by Gasteiger charge is 2.48. The molecule has 1 unspecified atom stereocenters. The van der Waals surface area contributed by atoms with Gasteiger partial charge in [0.15, 0.2) is 0 Å². The summed E-state index contributed by atoms with van der Waals surface area (Å²) in [5.74, 6) is 0.0888. The van der Waals surface area contributed by atoms with E-state index in [0.29, 0.717) is 6.42 Å². The smallest absolute Gasteiger partial charge is 0.407 e. The molecule has 0 aliphatic carbocycles. The van der Waals surface area contributed by atoms with E-state index in [-0.39, 0.29) is 24.0 Å². The lowest BCUT2D eigenvalue weighted by atomic mass is 9.95. The van der Waals surface area contributed by atoms with Crippen LogP contribution in [0.4, 0.5) is 4.79 Å². The van der Waals surface area contributed by atoms with Crippen molar-refractivity contribution < 1.29 is 19.4 Å². The predicted octanol–water partition coefficient (Wildman–Crippen LogP) is 4.23. The molecule has 1 aromatic carbocycles. The van der Waals surface area contributed by atoms with E-state index < -0.39 is 29.9 Å². The molecule has 7 heteroatoms. The molecule has 1 fully saturated rings. The number of benzene rings is 1. The second kappa shape index (κ2) is 12.5. The van der Waals surface area contributed by atoms with Crippen LogP contribution in [0.1, 0.15) is 79.7 Å². The van der Waals surface area contributed by atoms with E-state index in [9.17, 15) is 14.7 Å². The number of aliphatic hydroxyl groups is 1. The van der Waals surface area contributed by atoms with Gasteiger partial charge in [-0.15, -0.1) is 0 Å². The molecule has 34 heavy (non-hydrogen) atoms. The number of rotatable bonds is 11. The number of carbonyl (C=O) groups is 2. The van der Waals surface area contributed by atoms with E-state index in [2.05, 4.69) is 38.3 Å². The molecule has 0 radical (unpaired) electrons. The van der Waals surface area contributed by atoms with Crippen LogP contribution >= 0.6 is 0 Å². The van der Waals surface area contributed by atoms with Crippen molar-refractivity contribution in [1.29, 1.82) is 0 Å². The maximum Gasteiger partial charge on any atom is 0.407 e. The molecule has 1 aromatic rings. The second-order valence-corrected chi connectivity index (χ2v) is 10.7. The van der Waals surface area contributed by atoms with Gasteiger partial charge in [0.05, 0.1) is 18.3 Å².